The van der Waals surface area contributed by atoms with Gasteiger partial charge in [0.1, 0.15) is 0 Å². The first kappa shape index (κ1) is 14.0. The number of hydrogen-bond acceptors (Lipinski definition) is 3. The fourth-order valence-electron chi connectivity index (χ4n) is 3.19. The average Bonchev–Trinajstić information content (AvgIpc) is 2.62. The van der Waals surface area contributed by atoms with E-state index in [4.69, 9.17) is 4.98 Å². The Hall–Kier alpha value is -0.410. The van der Waals surface area contributed by atoms with Crippen molar-refractivity contribution in [3.05, 3.63) is 15.6 Å². The molecule has 0 aromatic carbocycles. The minimum absolute atomic E-state index is 0.825. The van der Waals surface area contributed by atoms with Crippen LogP contribution in [0.4, 0.5) is 0 Å². The molecule has 0 bridgehead atoms. The van der Waals surface area contributed by atoms with Crippen molar-refractivity contribution in [2.24, 2.45) is 17.8 Å². The van der Waals surface area contributed by atoms with Crippen LogP contribution in [0, 0.1) is 31.6 Å². The Morgan fingerprint density at radius 3 is 2.67 bits per heavy atom. The van der Waals surface area contributed by atoms with E-state index in [1.54, 1.807) is 0 Å². The average molecular weight is 266 g/mol. The zero-order valence-corrected chi connectivity index (χ0v) is 12.9. The normalized spacial score (nSPS) is 28.6. The third-order valence-electron chi connectivity index (χ3n) is 4.38. The summed E-state index contributed by atoms with van der Waals surface area (Å²) in [5, 5.41) is 4.72. The Bertz CT molecular complexity index is 366. The first-order chi connectivity index (χ1) is 8.60. The molecule has 1 fully saturated rings. The molecule has 1 aliphatic rings. The van der Waals surface area contributed by atoms with Crippen molar-refractivity contribution in [2.45, 2.75) is 46.5 Å². The predicted octanol–water partition coefficient (Wildman–Crippen LogP) is 3.57. The lowest BCUT2D eigenvalue weighted by atomic mass is 9.73. The molecule has 0 aliphatic heterocycles. The minimum atomic E-state index is 0.825. The second-order valence-electron chi connectivity index (χ2n) is 5.95. The quantitative estimate of drug-likeness (QED) is 0.901. The van der Waals surface area contributed by atoms with E-state index >= 15 is 0 Å². The van der Waals surface area contributed by atoms with E-state index in [2.05, 4.69) is 33.1 Å². The van der Waals surface area contributed by atoms with Gasteiger partial charge in [-0.25, -0.2) is 4.98 Å². The predicted molar refractivity (Wildman–Crippen MR) is 79.2 cm³/mol. The number of nitrogens with zero attached hydrogens (tertiary/aromatic N) is 1. The molecule has 1 N–H and O–H groups in total. The summed E-state index contributed by atoms with van der Waals surface area (Å²) >= 11 is 1.90. The van der Waals surface area contributed by atoms with Crippen LogP contribution in [0.1, 0.15) is 41.8 Å². The van der Waals surface area contributed by atoms with Crippen LogP contribution in [0.3, 0.4) is 0 Å². The Kier molecular flexibility index (Phi) is 4.79. The summed E-state index contributed by atoms with van der Waals surface area (Å²) in [5.41, 5.74) is 1.23. The third kappa shape index (κ3) is 3.33. The van der Waals surface area contributed by atoms with Crippen molar-refractivity contribution >= 4 is 11.3 Å². The highest BCUT2D eigenvalue weighted by Crippen LogP contribution is 2.36. The molecule has 2 nitrogen and oxygen atoms in total. The molecular weight excluding hydrogens is 240 g/mol. The van der Waals surface area contributed by atoms with E-state index in [9.17, 15) is 0 Å². The molecule has 18 heavy (non-hydrogen) atoms. The van der Waals surface area contributed by atoms with Gasteiger partial charge in [-0.2, -0.15) is 0 Å². The maximum atomic E-state index is 4.72. The van der Waals surface area contributed by atoms with Crippen LogP contribution in [0.5, 0.6) is 0 Å². The van der Waals surface area contributed by atoms with Crippen molar-refractivity contribution in [1.82, 2.24) is 10.3 Å². The molecule has 1 aromatic heterocycles. The largest absolute Gasteiger partial charge is 0.319 e. The molecule has 2 rings (SSSR count). The van der Waals surface area contributed by atoms with E-state index in [1.807, 2.05) is 11.3 Å². The van der Waals surface area contributed by atoms with Gasteiger partial charge < -0.3 is 5.32 Å². The van der Waals surface area contributed by atoms with Crippen molar-refractivity contribution in [2.75, 3.05) is 13.6 Å². The summed E-state index contributed by atoms with van der Waals surface area (Å²) in [6.45, 7) is 7.89. The van der Waals surface area contributed by atoms with E-state index < -0.39 is 0 Å². The third-order valence-corrected chi connectivity index (χ3v) is 5.47. The van der Waals surface area contributed by atoms with Crippen molar-refractivity contribution in [3.8, 4) is 0 Å². The molecule has 1 saturated carbocycles. The van der Waals surface area contributed by atoms with Gasteiger partial charge in [-0.05, 0) is 58.0 Å². The second kappa shape index (κ2) is 6.16. The monoisotopic (exact) mass is 266 g/mol. The molecule has 3 unspecified atom stereocenters. The van der Waals surface area contributed by atoms with Gasteiger partial charge in [0, 0.05) is 11.3 Å². The van der Waals surface area contributed by atoms with E-state index in [-0.39, 0.29) is 0 Å². The summed E-state index contributed by atoms with van der Waals surface area (Å²) in [5.74, 6) is 2.56. The van der Waals surface area contributed by atoms with Gasteiger partial charge in [0.25, 0.3) is 0 Å². The molecular formula is C15H26N2S. The highest BCUT2D eigenvalue weighted by atomic mass is 32.1. The summed E-state index contributed by atoms with van der Waals surface area (Å²) < 4.78 is 0. The van der Waals surface area contributed by atoms with Crippen LogP contribution < -0.4 is 5.32 Å². The van der Waals surface area contributed by atoms with Crippen molar-refractivity contribution in [3.63, 3.8) is 0 Å². The number of nitrogens with one attached hydrogen (secondary N) is 1. The summed E-state index contributed by atoms with van der Waals surface area (Å²) in [7, 11) is 2.08. The minimum Gasteiger partial charge on any atom is -0.319 e. The maximum absolute atomic E-state index is 4.72. The number of hydrogen-bond donors (Lipinski definition) is 1. The SMILES string of the molecule is CNCC1CCC(C)CC1Cc1nc(C)c(C)s1. The van der Waals surface area contributed by atoms with E-state index in [0.717, 1.165) is 17.8 Å². The maximum Gasteiger partial charge on any atom is 0.0933 e. The summed E-state index contributed by atoms with van der Waals surface area (Å²) in [6.07, 6.45) is 5.36. The van der Waals surface area contributed by atoms with E-state index in [1.165, 1.54) is 47.8 Å². The van der Waals surface area contributed by atoms with Gasteiger partial charge >= 0.3 is 0 Å². The Labute approximate surface area is 115 Å². The molecule has 1 aliphatic carbocycles. The van der Waals surface area contributed by atoms with Gasteiger partial charge in [0.2, 0.25) is 0 Å². The molecule has 3 atom stereocenters. The highest BCUT2D eigenvalue weighted by Gasteiger charge is 2.29. The standard InChI is InChI=1S/C15H26N2S/c1-10-5-6-13(9-16-4)14(7-10)8-15-17-11(2)12(3)18-15/h10,13-14,16H,5-9H2,1-4H3. The first-order valence-electron chi connectivity index (χ1n) is 7.17. The Morgan fingerprint density at radius 2 is 2.06 bits per heavy atom. The number of aryl methyl sites for hydroxylation is 2. The van der Waals surface area contributed by atoms with Gasteiger partial charge in [-0.3, -0.25) is 0 Å². The fourth-order valence-corrected chi connectivity index (χ4v) is 4.22. The van der Waals surface area contributed by atoms with Gasteiger partial charge in [-0.1, -0.05) is 13.3 Å². The lowest BCUT2D eigenvalue weighted by molar-refractivity contribution is 0.186. The zero-order valence-electron chi connectivity index (χ0n) is 12.1. The van der Waals surface area contributed by atoms with Gasteiger partial charge in [0.05, 0.1) is 10.7 Å². The lowest BCUT2D eigenvalue weighted by Gasteiger charge is -2.34. The Balaban J connectivity index is 2.03. The van der Waals surface area contributed by atoms with Gasteiger partial charge in [0.15, 0.2) is 0 Å². The molecule has 0 radical (unpaired) electrons. The topological polar surface area (TPSA) is 24.9 Å². The number of aromatic nitrogens is 1. The Morgan fingerprint density at radius 1 is 1.28 bits per heavy atom. The zero-order chi connectivity index (χ0) is 13.1. The molecule has 0 amide bonds. The van der Waals surface area contributed by atoms with Crippen molar-refractivity contribution in [1.29, 1.82) is 0 Å². The van der Waals surface area contributed by atoms with Crippen LogP contribution in [0.15, 0.2) is 0 Å². The van der Waals surface area contributed by atoms with Crippen LogP contribution in [0.25, 0.3) is 0 Å². The lowest BCUT2D eigenvalue weighted by Crippen LogP contribution is -2.32. The summed E-state index contributed by atoms with van der Waals surface area (Å²) in [4.78, 5) is 6.11. The molecule has 102 valence electrons. The molecule has 1 aromatic rings. The van der Waals surface area contributed by atoms with Crippen molar-refractivity contribution < 1.29 is 0 Å². The smallest absolute Gasteiger partial charge is 0.0933 e. The molecule has 0 spiro atoms. The van der Waals surface area contributed by atoms with Crippen LogP contribution in [-0.2, 0) is 6.42 Å². The highest BCUT2D eigenvalue weighted by molar-refractivity contribution is 7.11. The first-order valence-corrected chi connectivity index (χ1v) is 7.99. The van der Waals surface area contributed by atoms with Crippen LogP contribution in [-0.4, -0.2) is 18.6 Å². The van der Waals surface area contributed by atoms with Crippen LogP contribution in [0.2, 0.25) is 0 Å². The molecule has 0 saturated heterocycles. The second-order valence-corrected chi connectivity index (χ2v) is 7.24. The molecule has 3 heteroatoms. The van der Waals surface area contributed by atoms with Crippen LogP contribution >= 0.6 is 11.3 Å². The van der Waals surface area contributed by atoms with Gasteiger partial charge in [-0.15, -0.1) is 11.3 Å². The number of rotatable bonds is 4. The molecule has 1 heterocycles. The van der Waals surface area contributed by atoms with E-state index in [0.29, 0.717) is 0 Å². The number of thiazole rings is 1. The summed E-state index contributed by atoms with van der Waals surface area (Å²) in [6, 6.07) is 0. The fraction of sp³-hybridized carbons (Fsp3) is 0.800.